The molecule has 0 unspecified atom stereocenters. The largest absolute Gasteiger partial charge is 0.448 e. The van der Waals surface area contributed by atoms with Gasteiger partial charge in [0.05, 0.1) is 6.54 Å². The Bertz CT molecular complexity index is 733. The molecular formula is C14H11BrFN3O. The first-order valence-electron chi connectivity index (χ1n) is 5.95. The van der Waals surface area contributed by atoms with Crippen LogP contribution in [0.5, 0.6) is 0 Å². The van der Waals surface area contributed by atoms with Crippen LogP contribution in [0.25, 0.3) is 11.5 Å². The summed E-state index contributed by atoms with van der Waals surface area (Å²) in [4.78, 5) is 0. The van der Waals surface area contributed by atoms with Crippen molar-refractivity contribution >= 4 is 21.7 Å². The summed E-state index contributed by atoms with van der Waals surface area (Å²) in [6, 6.07) is 11.6. The van der Waals surface area contributed by atoms with Crippen molar-refractivity contribution in [2.45, 2.75) is 6.54 Å². The van der Waals surface area contributed by atoms with Crippen molar-refractivity contribution in [2.24, 2.45) is 0 Å². The van der Waals surface area contributed by atoms with Gasteiger partial charge in [-0.2, -0.15) is 5.10 Å². The zero-order valence-electron chi connectivity index (χ0n) is 10.4. The van der Waals surface area contributed by atoms with Crippen LogP contribution in [-0.4, -0.2) is 9.78 Å². The molecule has 0 aliphatic carbocycles. The highest BCUT2D eigenvalue weighted by Gasteiger charge is 2.11. The van der Waals surface area contributed by atoms with Crippen molar-refractivity contribution in [1.82, 2.24) is 9.78 Å². The van der Waals surface area contributed by atoms with E-state index in [9.17, 15) is 4.39 Å². The molecule has 0 radical (unpaired) electrons. The van der Waals surface area contributed by atoms with E-state index in [-0.39, 0.29) is 5.82 Å². The van der Waals surface area contributed by atoms with Gasteiger partial charge in [-0.05, 0) is 45.8 Å². The lowest BCUT2D eigenvalue weighted by molar-refractivity contribution is 0.551. The third-order valence-electron chi connectivity index (χ3n) is 2.88. The summed E-state index contributed by atoms with van der Waals surface area (Å²) in [5.74, 6) is 0.904. The van der Waals surface area contributed by atoms with E-state index in [1.54, 1.807) is 28.9 Å². The molecule has 3 rings (SSSR count). The monoisotopic (exact) mass is 335 g/mol. The first-order valence-corrected chi connectivity index (χ1v) is 6.74. The number of hydrogen-bond acceptors (Lipinski definition) is 3. The van der Waals surface area contributed by atoms with Gasteiger partial charge in [0.2, 0.25) is 0 Å². The number of anilines is 1. The lowest BCUT2D eigenvalue weighted by Crippen LogP contribution is -2.05. The molecule has 2 N–H and O–H groups in total. The minimum absolute atomic E-state index is 0.261. The van der Waals surface area contributed by atoms with E-state index < -0.39 is 0 Å². The Morgan fingerprint density at radius 3 is 2.60 bits per heavy atom. The van der Waals surface area contributed by atoms with Gasteiger partial charge in [0.15, 0.2) is 10.4 Å². The minimum Gasteiger partial charge on any atom is -0.448 e. The van der Waals surface area contributed by atoms with Crippen LogP contribution in [0.15, 0.2) is 51.6 Å². The molecule has 20 heavy (non-hydrogen) atoms. The van der Waals surface area contributed by atoms with Crippen LogP contribution in [0.1, 0.15) is 5.56 Å². The Hall–Kier alpha value is -2.08. The molecule has 2 aromatic heterocycles. The predicted molar refractivity (Wildman–Crippen MR) is 77.5 cm³/mol. The first kappa shape index (κ1) is 12.9. The van der Waals surface area contributed by atoms with E-state index >= 15 is 0 Å². The van der Waals surface area contributed by atoms with E-state index in [4.69, 9.17) is 10.2 Å². The van der Waals surface area contributed by atoms with Gasteiger partial charge in [-0.1, -0.05) is 12.1 Å². The van der Waals surface area contributed by atoms with Crippen molar-refractivity contribution in [3.05, 3.63) is 58.5 Å². The Morgan fingerprint density at radius 2 is 1.95 bits per heavy atom. The summed E-state index contributed by atoms with van der Waals surface area (Å²) >= 11 is 3.25. The van der Waals surface area contributed by atoms with Gasteiger partial charge < -0.3 is 10.2 Å². The lowest BCUT2D eigenvalue weighted by atomic mass is 10.2. The fraction of sp³-hybridized carbons (Fsp3) is 0.0714. The fourth-order valence-corrected chi connectivity index (χ4v) is 2.20. The SMILES string of the molecule is Nc1cc(-c2ccc(Br)o2)nn1Cc1ccc(F)cc1. The number of hydrogen-bond donors (Lipinski definition) is 1. The summed E-state index contributed by atoms with van der Waals surface area (Å²) in [6.07, 6.45) is 0. The highest BCUT2D eigenvalue weighted by Crippen LogP contribution is 2.25. The van der Waals surface area contributed by atoms with Crippen LogP contribution in [0, 0.1) is 5.82 Å². The predicted octanol–water partition coefficient (Wildman–Crippen LogP) is 3.68. The third-order valence-corrected chi connectivity index (χ3v) is 3.31. The standard InChI is InChI=1S/C14H11BrFN3O/c15-13-6-5-12(20-13)11-7-14(17)19(18-11)8-9-1-3-10(16)4-2-9/h1-7H,8,17H2. The molecule has 1 aromatic carbocycles. The zero-order chi connectivity index (χ0) is 14.1. The second kappa shape index (κ2) is 5.13. The molecule has 0 bridgehead atoms. The van der Waals surface area contributed by atoms with Crippen LogP contribution in [0.4, 0.5) is 10.2 Å². The number of furan rings is 1. The second-order valence-corrected chi connectivity index (χ2v) is 5.12. The summed E-state index contributed by atoms with van der Waals surface area (Å²) < 4.78 is 20.6. The van der Waals surface area contributed by atoms with Gasteiger partial charge in [0, 0.05) is 6.07 Å². The number of rotatable bonds is 3. The van der Waals surface area contributed by atoms with E-state index in [1.807, 2.05) is 6.07 Å². The quantitative estimate of drug-likeness (QED) is 0.794. The Labute approximate surface area is 123 Å². The fourth-order valence-electron chi connectivity index (χ4n) is 1.89. The molecular weight excluding hydrogens is 325 g/mol. The Kier molecular flexibility index (Phi) is 3.31. The maximum Gasteiger partial charge on any atom is 0.169 e. The van der Waals surface area contributed by atoms with Crippen molar-refractivity contribution in [2.75, 3.05) is 5.73 Å². The van der Waals surface area contributed by atoms with Crippen LogP contribution >= 0.6 is 15.9 Å². The maximum absolute atomic E-state index is 12.9. The normalized spacial score (nSPS) is 10.9. The zero-order valence-corrected chi connectivity index (χ0v) is 12.0. The van der Waals surface area contributed by atoms with Crippen molar-refractivity contribution in [1.29, 1.82) is 0 Å². The lowest BCUT2D eigenvalue weighted by Gasteiger charge is -2.03. The molecule has 3 aromatic rings. The van der Waals surface area contributed by atoms with Gasteiger partial charge in [0.1, 0.15) is 17.3 Å². The van der Waals surface area contributed by atoms with Crippen molar-refractivity contribution < 1.29 is 8.81 Å². The van der Waals surface area contributed by atoms with Crippen molar-refractivity contribution in [3.8, 4) is 11.5 Å². The highest BCUT2D eigenvalue weighted by molar-refractivity contribution is 9.10. The molecule has 102 valence electrons. The molecule has 0 saturated heterocycles. The summed E-state index contributed by atoms with van der Waals surface area (Å²) in [7, 11) is 0. The summed E-state index contributed by atoms with van der Waals surface area (Å²) in [5.41, 5.74) is 7.52. The van der Waals surface area contributed by atoms with E-state index in [0.717, 1.165) is 5.56 Å². The number of nitrogens with zero attached hydrogens (tertiary/aromatic N) is 2. The van der Waals surface area contributed by atoms with Gasteiger partial charge in [-0.25, -0.2) is 9.07 Å². The van der Waals surface area contributed by atoms with Crippen LogP contribution < -0.4 is 5.73 Å². The molecule has 4 nitrogen and oxygen atoms in total. The molecule has 0 fully saturated rings. The minimum atomic E-state index is -0.261. The van der Waals surface area contributed by atoms with E-state index in [2.05, 4.69) is 21.0 Å². The summed E-state index contributed by atoms with van der Waals surface area (Å²) in [6.45, 7) is 0.480. The molecule has 6 heteroatoms. The number of aromatic nitrogens is 2. The van der Waals surface area contributed by atoms with Gasteiger partial charge >= 0.3 is 0 Å². The molecule has 2 heterocycles. The number of nitrogen functional groups attached to an aromatic ring is 1. The topological polar surface area (TPSA) is 57.0 Å². The van der Waals surface area contributed by atoms with Gasteiger partial charge in [-0.15, -0.1) is 0 Å². The first-order chi connectivity index (χ1) is 9.61. The molecule has 0 spiro atoms. The molecule has 0 atom stereocenters. The number of benzene rings is 1. The average Bonchev–Trinajstić information content (AvgIpc) is 3.00. The Morgan fingerprint density at radius 1 is 1.20 bits per heavy atom. The number of halogens is 2. The summed E-state index contributed by atoms with van der Waals surface area (Å²) in [5, 5.41) is 4.39. The molecule has 0 aliphatic rings. The third kappa shape index (κ3) is 2.60. The smallest absolute Gasteiger partial charge is 0.169 e. The second-order valence-electron chi connectivity index (χ2n) is 4.34. The van der Waals surface area contributed by atoms with Crippen LogP contribution in [0.2, 0.25) is 0 Å². The Balaban J connectivity index is 1.87. The molecule has 0 saturated carbocycles. The molecule has 0 aliphatic heterocycles. The average molecular weight is 336 g/mol. The van der Waals surface area contributed by atoms with E-state index in [1.165, 1.54) is 12.1 Å². The molecule has 0 amide bonds. The van der Waals surface area contributed by atoms with Gasteiger partial charge in [-0.3, -0.25) is 0 Å². The van der Waals surface area contributed by atoms with Crippen molar-refractivity contribution in [3.63, 3.8) is 0 Å². The van der Waals surface area contributed by atoms with Crippen LogP contribution in [-0.2, 0) is 6.54 Å². The highest BCUT2D eigenvalue weighted by atomic mass is 79.9. The van der Waals surface area contributed by atoms with E-state index in [0.29, 0.717) is 28.5 Å². The maximum atomic E-state index is 12.9. The van der Waals surface area contributed by atoms with Gasteiger partial charge in [0.25, 0.3) is 0 Å². The number of nitrogens with two attached hydrogens (primary N) is 1. The van der Waals surface area contributed by atoms with Crippen LogP contribution in [0.3, 0.4) is 0 Å².